The van der Waals surface area contributed by atoms with Gasteiger partial charge in [0.15, 0.2) is 11.6 Å². The lowest BCUT2D eigenvalue weighted by molar-refractivity contribution is 0.0708. The van der Waals surface area contributed by atoms with Gasteiger partial charge in [0.2, 0.25) is 0 Å². The van der Waals surface area contributed by atoms with Crippen LogP contribution in [0.4, 0.5) is 4.39 Å². The minimum absolute atomic E-state index is 0.142. The fourth-order valence-electron chi connectivity index (χ4n) is 3.40. The van der Waals surface area contributed by atoms with E-state index in [0.717, 1.165) is 20.7 Å². The van der Waals surface area contributed by atoms with Crippen LogP contribution in [0.2, 0.25) is 0 Å². The van der Waals surface area contributed by atoms with E-state index in [9.17, 15) is 9.18 Å². The SMILES string of the molecule is O=C(c1ccc(F)cc1)N1CCn2c(nnc2-c2csc(-c3ccc(Br)cc3)n2)C1. The Morgan fingerprint density at radius 1 is 1.03 bits per heavy atom. The number of halogens is 2. The van der Waals surface area contributed by atoms with E-state index in [1.807, 2.05) is 34.2 Å². The van der Waals surface area contributed by atoms with Gasteiger partial charge >= 0.3 is 0 Å². The maximum atomic E-state index is 13.1. The highest BCUT2D eigenvalue weighted by atomic mass is 79.9. The van der Waals surface area contributed by atoms with Gasteiger partial charge in [-0.15, -0.1) is 21.5 Å². The summed E-state index contributed by atoms with van der Waals surface area (Å²) in [6, 6.07) is 13.6. The second-order valence-electron chi connectivity index (χ2n) is 6.87. The number of aromatic nitrogens is 4. The molecule has 30 heavy (non-hydrogen) atoms. The van der Waals surface area contributed by atoms with Crippen LogP contribution >= 0.6 is 27.3 Å². The van der Waals surface area contributed by atoms with Crippen molar-refractivity contribution in [3.8, 4) is 22.1 Å². The highest BCUT2D eigenvalue weighted by Gasteiger charge is 2.26. The Labute approximate surface area is 184 Å². The summed E-state index contributed by atoms with van der Waals surface area (Å²) in [5.41, 5.74) is 2.28. The van der Waals surface area contributed by atoms with Crippen LogP contribution in [-0.4, -0.2) is 37.1 Å². The van der Waals surface area contributed by atoms with Gasteiger partial charge in [-0.05, 0) is 36.4 Å². The Bertz CT molecular complexity index is 1220. The molecular formula is C21H15BrFN5OS. The first-order valence-electron chi connectivity index (χ1n) is 9.27. The number of carbonyl (C=O) groups excluding carboxylic acids is 1. The van der Waals surface area contributed by atoms with E-state index < -0.39 is 0 Å². The Morgan fingerprint density at radius 3 is 2.57 bits per heavy atom. The summed E-state index contributed by atoms with van der Waals surface area (Å²) < 4.78 is 16.2. The summed E-state index contributed by atoms with van der Waals surface area (Å²) in [6.07, 6.45) is 0. The van der Waals surface area contributed by atoms with Gasteiger partial charge in [0, 0.05) is 34.1 Å². The smallest absolute Gasteiger partial charge is 0.254 e. The first-order chi connectivity index (χ1) is 14.6. The second-order valence-corrected chi connectivity index (χ2v) is 8.64. The van der Waals surface area contributed by atoms with Crippen LogP contribution in [0.5, 0.6) is 0 Å². The van der Waals surface area contributed by atoms with Gasteiger partial charge in [-0.25, -0.2) is 9.37 Å². The summed E-state index contributed by atoms with van der Waals surface area (Å²) in [4.78, 5) is 19.2. The summed E-state index contributed by atoms with van der Waals surface area (Å²) in [6.45, 7) is 1.46. The predicted octanol–water partition coefficient (Wildman–Crippen LogP) is 4.63. The monoisotopic (exact) mass is 483 g/mol. The molecule has 1 aliphatic rings. The van der Waals surface area contributed by atoms with Crippen molar-refractivity contribution in [1.82, 2.24) is 24.6 Å². The summed E-state index contributed by atoms with van der Waals surface area (Å²) in [5.74, 6) is 0.917. The third-order valence-electron chi connectivity index (χ3n) is 4.96. The maximum Gasteiger partial charge on any atom is 0.254 e. The topological polar surface area (TPSA) is 63.9 Å². The van der Waals surface area contributed by atoms with Crippen molar-refractivity contribution >= 4 is 33.2 Å². The number of carbonyl (C=O) groups is 1. The number of thiazole rings is 1. The molecule has 0 radical (unpaired) electrons. The van der Waals surface area contributed by atoms with Crippen molar-refractivity contribution in [2.75, 3.05) is 6.54 Å². The molecule has 0 saturated heterocycles. The minimum Gasteiger partial charge on any atom is -0.329 e. The van der Waals surface area contributed by atoms with E-state index in [1.165, 1.54) is 24.3 Å². The molecule has 1 amide bonds. The van der Waals surface area contributed by atoms with Crippen LogP contribution in [-0.2, 0) is 13.1 Å². The Kier molecular flexibility index (Phi) is 4.92. The number of benzene rings is 2. The normalized spacial score (nSPS) is 13.3. The van der Waals surface area contributed by atoms with Gasteiger partial charge < -0.3 is 9.47 Å². The molecule has 9 heteroatoms. The minimum atomic E-state index is -0.361. The van der Waals surface area contributed by atoms with Crippen LogP contribution in [0.25, 0.3) is 22.1 Å². The van der Waals surface area contributed by atoms with Crippen molar-refractivity contribution < 1.29 is 9.18 Å². The van der Waals surface area contributed by atoms with Gasteiger partial charge in [-0.1, -0.05) is 28.1 Å². The van der Waals surface area contributed by atoms with Gasteiger partial charge in [0.1, 0.15) is 16.5 Å². The highest BCUT2D eigenvalue weighted by Crippen LogP contribution is 2.30. The largest absolute Gasteiger partial charge is 0.329 e. The third kappa shape index (κ3) is 3.54. The molecule has 150 valence electrons. The first-order valence-corrected chi connectivity index (χ1v) is 10.9. The molecule has 2 aromatic carbocycles. The molecule has 4 aromatic rings. The third-order valence-corrected chi connectivity index (χ3v) is 6.38. The molecule has 1 aliphatic heterocycles. The fourth-order valence-corrected chi connectivity index (χ4v) is 4.47. The molecule has 2 aromatic heterocycles. The number of fused-ring (bicyclic) bond motifs is 1. The van der Waals surface area contributed by atoms with Crippen LogP contribution in [0.3, 0.4) is 0 Å². The van der Waals surface area contributed by atoms with Crippen LogP contribution < -0.4 is 0 Å². The molecule has 0 atom stereocenters. The van der Waals surface area contributed by atoms with Gasteiger partial charge in [-0.3, -0.25) is 4.79 Å². The Morgan fingerprint density at radius 2 is 1.80 bits per heavy atom. The molecule has 0 aliphatic carbocycles. The molecule has 6 nitrogen and oxygen atoms in total. The van der Waals surface area contributed by atoms with Crippen LogP contribution in [0, 0.1) is 5.82 Å². The number of rotatable bonds is 3. The lowest BCUT2D eigenvalue weighted by atomic mass is 10.2. The predicted molar refractivity (Wildman–Crippen MR) is 115 cm³/mol. The molecule has 0 saturated carbocycles. The van der Waals surface area contributed by atoms with E-state index in [1.54, 1.807) is 16.2 Å². The van der Waals surface area contributed by atoms with Crippen LogP contribution in [0.15, 0.2) is 58.4 Å². The van der Waals surface area contributed by atoms with Crippen molar-refractivity contribution in [3.63, 3.8) is 0 Å². The van der Waals surface area contributed by atoms with E-state index >= 15 is 0 Å². The van der Waals surface area contributed by atoms with Crippen molar-refractivity contribution in [1.29, 1.82) is 0 Å². The molecule has 0 bridgehead atoms. The molecule has 0 fully saturated rings. The first kappa shape index (κ1) is 19.1. The molecule has 5 rings (SSSR count). The van der Waals surface area contributed by atoms with E-state index in [2.05, 4.69) is 26.1 Å². The van der Waals surface area contributed by atoms with Gasteiger partial charge in [0.05, 0.1) is 6.54 Å². The highest BCUT2D eigenvalue weighted by molar-refractivity contribution is 9.10. The summed E-state index contributed by atoms with van der Waals surface area (Å²) >= 11 is 5.00. The maximum absolute atomic E-state index is 13.1. The lowest BCUT2D eigenvalue weighted by Crippen LogP contribution is -2.38. The Hall–Kier alpha value is -2.91. The molecular weight excluding hydrogens is 469 g/mol. The van der Waals surface area contributed by atoms with Crippen molar-refractivity contribution in [2.24, 2.45) is 0 Å². The zero-order valence-electron chi connectivity index (χ0n) is 15.6. The van der Waals surface area contributed by atoms with Crippen LogP contribution in [0.1, 0.15) is 16.2 Å². The standard InChI is InChI=1S/C21H15BrFN5OS/c22-15-5-1-13(2-6-15)20-24-17(12-30-20)19-26-25-18-11-27(9-10-28(18)19)21(29)14-3-7-16(23)8-4-14/h1-8,12H,9-11H2. The van der Waals surface area contributed by atoms with E-state index in [-0.39, 0.29) is 11.7 Å². The quantitative estimate of drug-likeness (QED) is 0.426. The molecule has 0 spiro atoms. The average Bonchev–Trinajstić information content (AvgIpc) is 3.41. The second kappa shape index (κ2) is 7.73. The summed E-state index contributed by atoms with van der Waals surface area (Å²) in [7, 11) is 0. The number of nitrogens with zero attached hydrogens (tertiary/aromatic N) is 5. The lowest BCUT2D eigenvalue weighted by Gasteiger charge is -2.27. The fraction of sp³-hybridized carbons (Fsp3) is 0.143. The van der Waals surface area contributed by atoms with Gasteiger partial charge in [-0.2, -0.15) is 0 Å². The average molecular weight is 484 g/mol. The molecule has 3 heterocycles. The zero-order valence-corrected chi connectivity index (χ0v) is 18.0. The molecule has 0 unspecified atom stereocenters. The van der Waals surface area contributed by atoms with Crippen molar-refractivity contribution in [3.05, 3.63) is 75.6 Å². The zero-order chi connectivity index (χ0) is 20.7. The number of hydrogen-bond acceptors (Lipinski definition) is 5. The molecule has 0 N–H and O–H groups in total. The van der Waals surface area contributed by atoms with Crippen molar-refractivity contribution in [2.45, 2.75) is 13.1 Å². The number of amides is 1. The Balaban J connectivity index is 1.37. The summed E-state index contributed by atoms with van der Waals surface area (Å²) in [5, 5.41) is 11.5. The van der Waals surface area contributed by atoms with E-state index in [0.29, 0.717) is 36.8 Å². The number of hydrogen-bond donors (Lipinski definition) is 0. The van der Waals surface area contributed by atoms with E-state index in [4.69, 9.17) is 4.98 Å². The van der Waals surface area contributed by atoms with Gasteiger partial charge in [0.25, 0.3) is 5.91 Å².